The number of amides is 2. The first-order valence-corrected chi connectivity index (χ1v) is 9.93. The summed E-state index contributed by atoms with van der Waals surface area (Å²) in [6.45, 7) is 4.14. The van der Waals surface area contributed by atoms with Crippen molar-refractivity contribution in [2.75, 3.05) is 19.6 Å². The lowest BCUT2D eigenvalue weighted by molar-refractivity contribution is -0.274. The van der Waals surface area contributed by atoms with Crippen LogP contribution in [0.3, 0.4) is 0 Å². The zero-order valence-corrected chi connectivity index (χ0v) is 17.6. The summed E-state index contributed by atoms with van der Waals surface area (Å²) in [4.78, 5) is 36.5. The Labute approximate surface area is 183 Å². The molecule has 2 aromatic rings. The Morgan fingerprint density at radius 2 is 1.91 bits per heavy atom. The lowest BCUT2D eigenvalue weighted by Crippen LogP contribution is -2.42. The van der Waals surface area contributed by atoms with Crippen LogP contribution < -0.4 is 4.74 Å². The molecule has 0 saturated carbocycles. The third kappa shape index (κ3) is 6.39. The third-order valence-electron chi connectivity index (χ3n) is 4.81. The zero-order valence-electron chi connectivity index (χ0n) is 17.6. The molecule has 1 aliphatic rings. The highest BCUT2D eigenvalue weighted by Crippen LogP contribution is 2.23. The van der Waals surface area contributed by atoms with Crippen LogP contribution in [0.2, 0.25) is 0 Å². The van der Waals surface area contributed by atoms with Crippen LogP contribution in [0.25, 0.3) is 0 Å². The van der Waals surface area contributed by atoms with Crippen molar-refractivity contribution in [1.82, 2.24) is 19.8 Å². The Balaban J connectivity index is 1.70. The first-order chi connectivity index (χ1) is 15.1. The minimum Gasteiger partial charge on any atom is -0.406 e. The molecule has 1 atom stereocenters. The third-order valence-corrected chi connectivity index (χ3v) is 4.81. The van der Waals surface area contributed by atoms with Gasteiger partial charge in [0.25, 0.3) is 5.91 Å². The van der Waals surface area contributed by atoms with E-state index in [4.69, 9.17) is 4.74 Å². The van der Waals surface area contributed by atoms with Crippen molar-refractivity contribution in [3.63, 3.8) is 0 Å². The van der Waals surface area contributed by atoms with Crippen LogP contribution >= 0.6 is 0 Å². The number of hydrogen-bond donors (Lipinski definition) is 0. The Kier molecular flexibility index (Phi) is 7.29. The molecule has 0 aliphatic carbocycles. The van der Waals surface area contributed by atoms with E-state index in [0.717, 1.165) is 0 Å². The fourth-order valence-electron chi connectivity index (χ4n) is 3.28. The minimum absolute atomic E-state index is 0.0876. The van der Waals surface area contributed by atoms with E-state index in [1.54, 1.807) is 4.90 Å². The van der Waals surface area contributed by atoms with Crippen LogP contribution in [0.15, 0.2) is 42.9 Å². The van der Waals surface area contributed by atoms with Gasteiger partial charge in [0.15, 0.2) is 0 Å². The Morgan fingerprint density at radius 1 is 1.19 bits per heavy atom. The largest absolute Gasteiger partial charge is 0.573 e. The number of rotatable bonds is 6. The van der Waals surface area contributed by atoms with E-state index in [0.29, 0.717) is 5.56 Å². The molecule has 3 rings (SSSR count). The van der Waals surface area contributed by atoms with E-state index < -0.39 is 18.4 Å². The van der Waals surface area contributed by atoms with E-state index in [2.05, 4.69) is 14.7 Å². The van der Waals surface area contributed by atoms with Crippen LogP contribution in [-0.4, -0.2) is 69.7 Å². The van der Waals surface area contributed by atoms with E-state index in [9.17, 15) is 22.8 Å². The molecule has 0 radical (unpaired) electrons. The normalized spacial score (nSPS) is 17.4. The van der Waals surface area contributed by atoms with Crippen LogP contribution in [-0.2, 0) is 16.1 Å². The van der Waals surface area contributed by atoms with Crippen molar-refractivity contribution >= 4 is 11.8 Å². The highest BCUT2D eigenvalue weighted by atomic mass is 19.4. The van der Waals surface area contributed by atoms with Gasteiger partial charge in [-0.3, -0.25) is 14.6 Å². The standard InChI is InChI=1S/C21H23F3N4O4/c1-14(2)28-11-17(31-13-15-3-5-16(6-4-15)32-21(22,23)24)10-27(12-19(28)29)20(30)18-9-25-7-8-26-18/h3-9,14,17H,10-13H2,1-2H3. The van der Waals surface area contributed by atoms with Gasteiger partial charge >= 0.3 is 6.36 Å². The number of ether oxygens (including phenoxy) is 2. The summed E-state index contributed by atoms with van der Waals surface area (Å²) >= 11 is 0. The van der Waals surface area contributed by atoms with Crippen LogP contribution in [0, 0.1) is 0 Å². The molecular formula is C21H23F3N4O4. The lowest BCUT2D eigenvalue weighted by atomic mass is 10.2. The van der Waals surface area contributed by atoms with Crippen molar-refractivity contribution in [2.24, 2.45) is 0 Å². The van der Waals surface area contributed by atoms with Gasteiger partial charge in [-0.15, -0.1) is 13.2 Å². The van der Waals surface area contributed by atoms with Gasteiger partial charge in [0.2, 0.25) is 5.91 Å². The first kappa shape index (κ1) is 23.5. The predicted octanol–water partition coefficient (Wildman–Crippen LogP) is 2.65. The zero-order chi connectivity index (χ0) is 23.3. The number of carbonyl (C=O) groups is 2. The maximum Gasteiger partial charge on any atom is 0.573 e. The number of hydrogen-bond acceptors (Lipinski definition) is 6. The van der Waals surface area contributed by atoms with E-state index in [-0.39, 0.29) is 49.6 Å². The minimum atomic E-state index is -4.76. The van der Waals surface area contributed by atoms with Gasteiger partial charge in [-0.25, -0.2) is 4.98 Å². The summed E-state index contributed by atoms with van der Waals surface area (Å²) in [5.41, 5.74) is 0.746. The molecule has 0 bridgehead atoms. The van der Waals surface area contributed by atoms with Crippen molar-refractivity contribution < 1.29 is 32.2 Å². The number of nitrogens with zero attached hydrogens (tertiary/aromatic N) is 4. The fourth-order valence-corrected chi connectivity index (χ4v) is 3.28. The monoisotopic (exact) mass is 452 g/mol. The lowest BCUT2D eigenvalue weighted by Gasteiger charge is -2.27. The Hall–Kier alpha value is -3.21. The number of alkyl halides is 3. The molecule has 0 N–H and O–H groups in total. The second-order valence-corrected chi connectivity index (χ2v) is 7.54. The van der Waals surface area contributed by atoms with Crippen LogP contribution in [0.4, 0.5) is 13.2 Å². The number of benzene rings is 1. The second-order valence-electron chi connectivity index (χ2n) is 7.54. The van der Waals surface area contributed by atoms with Crippen LogP contribution in [0.1, 0.15) is 29.9 Å². The highest BCUT2D eigenvalue weighted by Gasteiger charge is 2.33. The van der Waals surface area contributed by atoms with Crippen molar-refractivity contribution in [3.8, 4) is 5.75 Å². The summed E-state index contributed by atoms with van der Waals surface area (Å²) in [7, 11) is 0. The van der Waals surface area contributed by atoms with Crippen molar-refractivity contribution in [1.29, 1.82) is 0 Å². The topological polar surface area (TPSA) is 84.9 Å². The molecule has 11 heteroatoms. The highest BCUT2D eigenvalue weighted by molar-refractivity contribution is 5.95. The summed E-state index contributed by atoms with van der Waals surface area (Å²) < 4.78 is 46.7. The predicted molar refractivity (Wildman–Crippen MR) is 106 cm³/mol. The quantitative estimate of drug-likeness (QED) is 0.670. The maximum atomic E-state index is 12.8. The smallest absolute Gasteiger partial charge is 0.406 e. The van der Waals surface area contributed by atoms with Gasteiger partial charge in [-0.1, -0.05) is 12.1 Å². The van der Waals surface area contributed by atoms with E-state index in [1.165, 1.54) is 47.8 Å². The molecule has 2 heterocycles. The van der Waals surface area contributed by atoms with E-state index >= 15 is 0 Å². The molecular weight excluding hydrogens is 429 g/mol. The van der Waals surface area contributed by atoms with E-state index in [1.807, 2.05) is 13.8 Å². The molecule has 1 aromatic heterocycles. The molecule has 1 aromatic carbocycles. The molecule has 1 fully saturated rings. The molecule has 2 amide bonds. The van der Waals surface area contributed by atoms with Crippen molar-refractivity contribution in [2.45, 2.75) is 39.0 Å². The Morgan fingerprint density at radius 3 is 2.50 bits per heavy atom. The van der Waals surface area contributed by atoms with Gasteiger partial charge in [-0.2, -0.15) is 0 Å². The molecule has 1 unspecified atom stereocenters. The number of aromatic nitrogens is 2. The molecule has 1 aliphatic heterocycles. The number of halogens is 3. The summed E-state index contributed by atoms with van der Waals surface area (Å²) in [5.74, 6) is -0.968. The van der Waals surface area contributed by atoms with Crippen LogP contribution in [0.5, 0.6) is 5.75 Å². The van der Waals surface area contributed by atoms with Crippen molar-refractivity contribution in [3.05, 3.63) is 54.1 Å². The first-order valence-electron chi connectivity index (χ1n) is 9.93. The second kappa shape index (κ2) is 9.94. The SMILES string of the molecule is CC(C)N1CC(OCc2ccc(OC(F)(F)F)cc2)CN(C(=O)c2cnccn2)CC1=O. The molecule has 0 spiro atoms. The summed E-state index contributed by atoms with van der Waals surface area (Å²) in [6.07, 6.45) is -1.09. The van der Waals surface area contributed by atoms with Gasteiger partial charge < -0.3 is 19.3 Å². The average Bonchev–Trinajstić information content (AvgIpc) is 2.91. The maximum absolute atomic E-state index is 12.8. The Bertz CT molecular complexity index is 923. The average molecular weight is 452 g/mol. The molecule has 8 nitrogen and oxygen atoms in total. The van der Waals surface area contributed by atoms with Gasteiger partial charge in [0.05, 0.1) is 18.9 Å². The van der Waals surface area contributed by atoms with Gasteiger partial charge in [0, 0.05) is 31.5 Å². The van der Waals surface area contributed by atoms with Gasteiger partial charge in [-0.05, 0) is 31.5 Å². The molecule has 1 saturated heterocycles. The fraction of sp³-hybridized carbons (Fsp3) is 0.429. The summed E-state index contributed by atoms with van der Waals surface area (Å²) in [6, 6.07) is 5.23. The number of carbonyl (C=O) groups excluding carboxylic acids is 2. The molecule has 172 valence electrons. The summed E-state index contributed by atoms with van der Waals surface area (Å²) in [5, 5.41) is 0. The molecule has 32 heavy (non-hydrogen) atoms. The van der Waals surface area contributed by atoms with Gasteiger partial charge in [0.1, 0.15) is 18.0 Å².